The maximum absolute atomic E-state index is 11.0. The van der Waals surface area contributed by atoms with Gasteiger partial charge in [0.05, 0.1) is 19.4 Å². The Kier molecular flexibility index (Phi) is 4.76. The van der Waals surface area contributed by atoms with Crippen molar-refractivity contribution in [2.24, 2.45) is 15.2 Å². The lowest BCUT2D eigenvalue weighted by molar-refractivity contribution is 0.416. The molecule has 1 aliphatic heterocycles. The van der Waals surface area contributed by atoms with Crippen molar-refractivity contribution in [1.82, 2.24) is 0 Å². The Balaban J connectivity index is 1.91. The van der Waals surface area contributed by atoms with E-state index >= 15 is 0 Å². The van der Waals surface area contributed by atoms with Crippen LogP contribution >= 0.6 is 0 Å². The summed E-state index contributed by atoms with van der Waals surface area (Å²) in [6.45, 7) is 0.448. The predicted molar refractivity (Wildman–Crippen MR) is 97.3 cm³/mol. The number of nitrogens with one attached hydrogen (secondary N) is 1. The van der Waals surface area contributed by atoms with E-state index in [2.05, 4.69) is 20.5 Å². The van der Waals surface area contributed by atoms with Crippen LogP contribution in [0.1, 0.15) is 5.56 Å². The molecule has 0 saturated heterocycles. The molecule has 0 aliphatic carbocycles. The Hall–Kier alpha value is -3.28. The second kappa shape index (κ2) is 7.32. The maximum atomic E-state index is 11.0. The van der Waals surface area contributed by atoms with Crippen molar-refractivity contribution >= 4 is 29.1 Å². The molecule has 0 fully saturated rings. The van der Waals surface area contributed by atoms with Crippen molar-refractivity contribution in [3.8, 4) is 5.75 Å². The van der Waals surface area contributed by atoms with Gasteiger partial charge in [0.1, 0.15) is 11.6 Å². The molecule has 2 aromatic carbocycles. The number of nitroso groups, excluding NO2 is 1. The second-order valence-corrected chi connectivity index (χ2v) is 5.07. The number of rotatable bonds is 4. The molecule has 3 rings (SSSR count). The van der Waals surface area contributed by atoms with Crippen LogP contribution in [0.15, 0.2) is 69.8 Å². The lowest BCUT2D eigenvalue weighted by Gasteiger charge is -2.09. The Labute approximate surface area is 139 Å². The summed E-state index contributed by atoms with van der Waals surface area (Å²) < 4.78 is 5.12. The third kappa shape index (κ3) is 3.55. The molecule has 0 spiro atoms. The predicted octanol–water partition coefficient (Wildman–Crippen LogP) is 4.03. The van der Waals surface area contributed by atoms with Gasteiger partial charge in [-0.2, -0.15) is 0 Å². The highest BCUT2D eigenvalue weighted by Crippen LogP contribution is 2.31. The van der Waals surface area contributed by atoms with Crippen LogP contribution in [0.5, 0.6) is 5.75 Å². The van der Waals surface area contributed by atoms with E-state index in [9.17, 15) is 4.91 Å². The van der Waals surface area contributed by atoms with Crippen molar-refractivity contribution < 1.29 is 4.74 Å². The number of hydrogen-bond acceptors (Lipinski definition) is 6. The topological polar surface area (TPSA) is 75.4 Å². The fourth-order valence-corrected chi connectivity index (χ4v) is 2.32. The molecule has 0 radical (unpaired) electrons. The molecular weight excluding hydrogens is 304 g/mol. The van der Waals surface area contributed by atoms with Gasteiger partial charge >= 0.3 is 0 Å². The van der Waals surface area contributed by atoms with Crippen molar-refractivity contribution in [3.05, 3.63) is 65.1 Å². The van der Waals surface area contributed by atoms with Gasteiger partial charge in [-0.15, -0.1) is 4.91 Å². The average molecular weight is 320 g/mol. The highest BCUT2D eigenvalue weighted by Gasteiger charge is 2.10. The highest BCUT2D eigenvalue weighted by atomic mass is 16.5. The van der Waals surface area contributed by atoms with Crippen molar-refractivity contribution in [2.45, 2.75) is 0 Å². The fourth-order valence-electron chi connectivity index (χ4n) is 2.32. The van der Waals surface area contributed by atoms with Crippen molar-refractivity contribution in [1.29, 1.82) is 0 Å². The third-order valence-electron chi connectivity index (χ3n) is 3.47. The summed E-state index contributed by atoms with van der Waals surface area (Å²) in [7, 11) is 1.50. The number of para-hydroxylation sites is 1. The van der Waals surface area contributed by atoms with Crippen molar-refractivity contribution in [2.75, 3.05) is 19.0 Å². The zero-order valence-corrected chi connectivity index (χ0v) is 13.1. The monoisotopic (exact) mass is 320 g/mol. The first-order valence-electron chi connectivity index (χ1n) is 7.41. The minimum atomic E-state index is 0.241. The first-order valence-corrected chi connectivity index (χ1v) is 7.41. The smallest absolute Gasteiger partial charge is 0.150 e. The van der Waals surface area contributed by atoms with Gasteiger partial charge in [0.25, 0.3) is 0 Å². The summed E-state index contributed by atoms with van der Waals surface area (Å²) in [5.41, 5.74) is 2.65. The highest BCUT2D eigenvalue weighted by molar-refractivity contribution is 6.03. The van der Waals surface area contributed by atoms with E-state index in [0.29, 0.717) is 18.0 Å². The average Bonchev–Trinajstić information content (AvgIpc) is 2.87. The quantitative estimate of drug-likeness (QED) is 0.864. The number of amidine groups is 1. The number of benzene rings is 2. The summed E-state index contributed by atoms with van der Waals surface area (Å²) in [4.78, 5) is 19.9. The SMILES string of the molecule is COc1ccc(C2=CC=NCC(Nc3ccccc3)=N2)cc1N=O. The molecule has 0 unspecified atom stereocenters. The van der Waals surface area contributed by atoms with Crippen LogP contribution in [0.25, 0.3) is 5.70 Å². The van der Waals surface area contributed by atoms with Gasteiger partial charge in [-0.25, -0.2) is 4.99 Å². The van der Waals surface area contributed by atoms with Gasteiger partial charge in [0.15, 0.2) is 5.69 Å². The molecule has 1 aliphatic rings. The number of hydrogen-bond donors (Lipinski definition) is 1. The summed E-state index contributed by atoms with van der Waals surface area (Å²) in [5, 5.41) is 6.26. The number of aliphatic imine (C=N–C) groups is 2. The summed E-state index contributed by atoms with van der Waals surface area (Å²) in [6.07, 6.45) is 3.51. The summed E-state index contributed by atoms with van der Waals surface area (Å²) in [6, 6.07) is 15.0. The molecule has 1 heterocycles. The van der Waals surface area contributed by atoms with Crippen LogP contribution in [0.4, 0.5) is 11.4 Å². The summed E-state index contributed by atoms with van der Waals surface area (Å²) >= 11 is 0. The van der Waals surface area contributed by atoms with E-state index in [0.717, 1.165) is 17.1 Å². The lowest BCUT2D eigenvalue weighted by Crippen LogP contribution is -2.15. The number of nitrogens with zero attached hydrogens (tertiary/aromatic N) is 3. The zero-order chi connectivity index (χ0) is 16.8. The van der Waals surface area contributed by atoms with Gasteiger partial charge in [-0.05, 0) is 41.6 Å². The van der Waals surface area contributed by atoms with Gasteiger partial charge < -0.3 is 10.1 Å². The van der Waals surface area contributed by atoms with Gasteiger partial charge in [-0.3, -0.25) is 4.99 Å². The Morgan fingerprint density at radius 2 is 2.00 bits per heavy atom. The van der Waals surface area contributed by atoms with Crippen LogP contribution in [0.3, 0.4) is 0 Å². The van der Waals surface area contributed by atoms with E-state index < -0.39 is 0 Å². The summed E-state index contributed by atoms with van der Waals surface area (Å²) in [5.74, 6) is 1.15. The fraction of sp³-hybridized carbons (Fsp3) is 0.111. The molecule has 24 heavy (non-hydrogen) atoms. The van der Waals surface area contributed by atoms with Crippen molar-refractivity contribution in [3.63, 3.8) is 0 Å². The minimum Gasteiger partial charge on any atom is -0.494 e. The third-order valence-corrected chi connectivity index (χ3v) is 3.47. The second-order valence-electron chi connectivity index (χ2n) is 5.07. The Bertz CT molecular complexity index is 826. The first kappa shape index (κ1) is 15.6. The van der Waals surface area contributed by atoms with E-state index in [1.807, 2.05) is 36.4 Å². The Morgan fingerprint density at radius 1 is 1.17 bits per heavy atom. The molecule has 120 valence electrons. The molecular formula is C18H16N4O2. The molecule has 0 bridgehead atoms. The molecule has 6 heteroatoms. The maximum Gasteiger partial charge on any atom is 0.150 e. The van der Waals surface area contributed by atoms with Gasteiger partial charge in [0, 0.05) is 17.5 Å². The van der Waals surface area contributed by atoms with Crippen LogP contribution in [-0.4, -0.2) is 25.7 Å². The Morgan fingerprint density at radius 3 is 2.75 bits per heavy atom. The van der Waals surface area contributed by atoms with E-state index in [-0.39, 0.29) is 5.69 Å². The van der Waals surface area contributed by atoms with Crippen LogP contribution in [0, 0.1) is 4.91 Å². The molecule has 6 nitrogen and oxygen atoms in total. The van der Waals surface area contributed by atoms with E-state index in [4.69, 9.17) is 4.74 Å². The largest absolute Gasteiger partial charge is 0.494 e. The lowest BCUT2D eigenvalue weighted by atomic mass is 10.1. The molecule has 2 aromatic rings. The molecule has 0 atom stereocenters. The molecule has 0 amide bonds. The first-order chi connectivity index (χ1) is 11.8. The van der Waals surface area contributed by atoms with Crippen LogP contribution in [0.2, 0.25) is 0 Å². The van der Waals surface area contributed by atoms with Crippen LogP contribution < -0.4 is 10.1 Å². The van der Waals surface area contributed by atoms with E-state index in [1.54, 1.807) is 24.4 Å². The van der Waals surface area contributed by atoms with Crippen LogP contribution in [-0.2, 0) is 0 Å². The number of ether oxygens (including phenoxy) is 1. The van der Waals surface area contributed by atoms with Gasteiger partial charge in [-0.1, -0.05) is 18.2 Å². The normalized spacial score (nSPS) is 13.5. The number of methoxy groups -OCH3 is 1. The standard InChI is InChI=1S/C18H16N4O2/c1-24-17-8-7-13(11-16(17)22-23)15-9-10-19-12-18(21-15)20-14-5-3-2-4-6-14/h2-11H,12H2,1H3,(H,20,21). The van der Waals surface area contributed by atoms with E-state index in [1.165, 1.54) is 7.11 Å². The molecule has 0 saturated carbocycles. The zero-order valence-electron chi connectivity index (χ0n) is 13.1. The minimum absolute atomic E-state index is 0.241. The van der Waals surface area contributed by atoms with Gasteiger partial charge in [0.2, 0.25) is 0 Å². The molecule has 0 aromatic heterocycles. The molecule has 1 N–H and O–H groups in total. The number of anilines is 1. The number of allylic oxidation sites excluding steroid dienone is 1.